The lowest BCUT2D eigenvalue weighted by Gasteiger charge is -2.14. The van der Waals surface area contributed by atoms with Crippen molar-refractivity contribution < 1.29 is 22.6 Å². The number of nitrogens with one attached hydrogen (secondary N) is 1. The summed E-state index contributed by atoms with van der Waals surface area (Å²) in [4.78, 5) is 21.3. The van der Waals surface area contributed by atoms with E-state index in [0.717, 1.165) is 5.56 Å². The topological polar surface area (TPSA) is 121 Å². The highest BCUT2D eigenvalue weighted by atomic mass is 35.5. The maximum atomic E-state index is 13.1. The molecule has 0 saturated heterocycles. The van der Waals surface area contributed by atoms with Crippen molar-refractivity contribution in [3.05, 3.63) is 75.9 Å². The molecule has 188 valence electrons. The second kappa shape index (κ2) is 10.5. The van der Waals surface area contributed by atoms with E-state index in [9.17, 15) is 13.2 Å². The normalized spacial score (nSPS) is 11.4. The number of halogens is 1. The molecule has 0 amide bonds. The molecule has 3 heterocycles. The second-order valence-corrected chi connectivity index (χ2v) is 9.79. The van der Waals surface area contributed by atoms with Crippen LogP contribution in [-0.4, -0.2) is 50.2 Å². The van der Waals surface area contributed by atoms with Gasteiger partial charge in [-0.3, -0.25) is 13.9 Å². The molecule has 36 heavy (non-hydrogen) atoms. The Labute approximate surface area is 212 Å². The van der Waals surface area contributed by atoms with E-state index >= 15 is 0 Å². The zero-order valence-electron chi connectivity index (χ0n) is 19.7. The van der Waals surface area contributed by atoms with Gasteiger partial charge in [0.15, 0.2) is 0 Å². The van der Waals surface area contributed by atoms with Crippen LogP contribution in [0.3, 0.4) is 0 Å². The van der Waals surface area contributed by atoms with Gasteiger partial charge in [0.25, 0.3) is 15.6 Å². The van der Waals surface area contributed by atoms with Crippen LogP contribution in [0.2, 0.25) is 5.02 Å². The molecule has 3 aromatic heterocycles. The number of benzene rings is 1. The Bertz CT molecular complexity index is 1590. The largest absolute Gasteiger partial charge is 0.484 e. The van der Waals surface area contributed by atoms with E-state index in [0.29, 0.717) is 23.4 Å². The molecule has 0 atom stereocenters. The van der Waals surface area contributed by atoms with E-state index in [2.05, 4.69) is 14.7 Å². The SMILES string of the molecule is COCCOc1cnc2ccc(-c3cnc(OC)c(NS(=O)(=O)c4ccc(C)cc4Cl)c3)cn2c1=O. The average molecular weight is 531 g/mol. The van der Waals surface area contributed by atoms with Crippen LogP contribution in [0.5, 0.6) is 11.6 Å². The zero-order valence-corrected chi connectivity index (χ0v) is 21.3. The first-order chi connectivity index (χ1) is 17.2. The van der Waals surface area contributed by atoms with Crippen molar-refractivity contribution in [1.82, 2.24) is 14.4 Å². The lowest BCUT2D eigenvalue weighted by atomic mass is 10.1. The van der Waals surface area contributed by atoms with Gasteiger partial charge in [-0.25, -0.2) is 18.4 Å². The summed E-state index contributed by atoms with van der Waals surface area (Å²) in [5.74, 6) is 0.150. The Morgan fingerprint density at radius 2 is 1.83 bits per heavy atom. The van der Waals surface area contributed by atoms with Crippen LogP contribution in [0.4, 0.5) is 5.69 Å². The molecule has 0 bridgehead atoms. The van der Waals surface area contributed by atoms with Gasteiger partial charge in [0, 0.05) is 30.6 Å². The van der Waals surface area contributed by atoms with Crippen LogP contribution >= 0.6 is 11.6 Å². The summed E-state index contributed by atoms with van der Waals surface area (Å²) < 4.78 is 45.6. The molecule has 0 spiro atoms. The smallest absolute Gasteiger partial charge is 0.300 e. The number of anilines is 1. The highest BCUT2D eigenvalue weighted by Crippen LogP contribution is 2.31. The minimum Gasteiger partial charge on any atom is -0.484 e. The van der Waals surface area contributed by atoms with Gasteiger partial charge in [0.05, 0.1) is 24.9 Å². The number of aromatic nitrogens is 3. The summed E-state index contributed by atoms with van der Waals surface area (Å²) in [6.07, 6.45) is 4.45. The van der Waals surface area contributed by atoms with Crippen molar-refractivity contribution in [2.75, 3.05) is 32.2 Å². The van der Waals surface area contributed by atoms with Crippen molar-refractivity contribution in [2.24, 2.45) is 0 Å². The molecule has 10 nitrogen and oxygen atoms in total. The summed E-state index contributed by atoms with van der Waals surface area (Å²) in [6.45, 7) is 2.34. The fraction of sp³-hybridized carbons (Fsp3) is 0.208. The third-order valence-corrected chi connectivity index (χ3v) is 7.06. The van der Waals surface area contributed by atoms with E-state index in [1.165, 1.54) is 37.1 Å². The number of aryl methyl sites for hydroxylation is 1. The van der Waals surface area contributed by atoms with Gasteiger partial charge in [-0.05, 0) is 42.8 Å². The highest BCUT2D eigenvalue weighted by Gasteiger charge is 2.21. The standard InChI is InChI=1S/C24H23ClN4O6S/c1-15-4-6-21(18(25)10-15)36(31,32)28-19-11-17(12-27-23(19)34-3)16-5-7-22-26-13-20(35-9-8-33-2)24(30)29(22)14-16/h4-7,10-14,28H,8-9H2,1-3H3. The number of fused-ring (bicyclic) bond motifs is 1. The molecule has 0 radical (unpaired) electrons. The third kappa shape index (κ3) is 5.27. The van der Waals surface area contributed by atoms with E-state index in [1.807, 2.05) is 6.92 Å². The predicted molar refractivity (Wildman–Crippen MR) is 136 cm³/mol. The minimum atomic E-state index is -4.04. The molecule has 1 aromatic carbocycles. The number of hydrogen-bond acceptors (Lipinski definition) is 8. The molecule has 1 N–H and O–H groups in total. The van der Waals surface area contributed by atoms with Gasteiger partial charge in [0.1, 0.15) is 22.8 Å². The number of sulfonamides is 1. The van der Waals surface area contributed by atoms with Crippen LogP contribution < -0.4 is 19.8 Å². The molecule has 0 unspecified atom stereocenters. The Morgan fingerprint density at radius 3 is 2.56 bits per heavy atom. The van der Waals surface area contributed by atoms with E-state index in [4.69, 9.17) is 25.8 Å². The molecule has 0 fully saturated rings. The van der Waals surface area contributed by atoms with Crippen molar-refractivity contribution in [3.8, 4) is 22.8 Å². The van der Waals surface area contributed by atoms with Gasteiger partial charge in [-0.15, -0.1) is 0 Å². The lowest BCUT2D eigenvalue weighted by molar-refractivity contribution is 0.145. The molecule has 12 heteroatoms. The first-order valence-electron chi connectivity index (χ1n) is 10.7. The summed E-state index contributed by atoms with van der Waals surface area (Å²) >= 11 is 6.18. The zero-order chi connectivity index (χ0) is 25.9. The highest BCUT2D eigenvalue weighted by molar-refractivity contribution is 7.92. The maximum Gasteiger partial charge on any atom is 0.300 e. The summed E-state index contributed by atoms with van der Waals surface area (Å²) in [7, 11) is -1.13. The molecular weight excluding hydrogens is 508 g/mol. The number of rotatable bonds is 9. The molecular formula is C24H23ClN4O6S. The van der Waals surface area contributed by atoms with Gasteiger partial charge in [-0.2, -0.15) is 0 Å². The van der Waals surface area contributed by atoms with Crippen LogP contribution in [0.25, 0.3) is 16.8 Å². The number of pyridine rings is 2. The Balaban J connectivity index is 1.73. The maximum absolute atomic E-state index is 13.1. The first kappa shape index (κ1) is 25.4. The fourth-order valence-corrected chi connectivity index (χ4v) is 5.08. The quantitative estimate of drug-likeness (QED) is 0.326. The third-order valence-electron chi connectivity index (χ3n) is 5.21. The average Bonchev–Trinajstić information content (AvgIpc) is 2.85. The molecule has 4 aromatic rings. The van der Waals surface area contributed by atoms with E-state index in [-0.39, 0.29) is 33.8 Å². The summed E-state index contributed by atoms with van der Waals surface area (Å²) in [5.41, 5.74) is 2.07. The monoisotopic (exact) mass is 530 g/mol. The molecule has 4 rings (SSSR count). The number of nitrogens with zero attached hydrogens (tertiary/aromatic N) is 3. The van der Waals surface area contributed by atoms with E-state index < -0.39 is 15.6 Å². The van der Waals surface area contributed by atoms with Gasteiger partial charge < -0.3 is 14.2 Å². The minimum absolute atomic E-state index is 0.0685. The van der Waals surface area contributed by atoms with Gasteiger partial charge >= 0.3 is 0 Å². The van der Waals surface area contributed by atoms with Crippen molar-refractivity contribution >= 4 is 33.0 Å². The summed E-state index contributed by atoms with van der Waals surface area (Å²) in [6, 6.07) is 9.61. The second-order valence-electron chi connectivity index (χ2n) is 7.74. The number of ether oxygens (including phenoxy) is 3. The van der Waals surface area contributed by atoms with Crippen molar-refractivity contribution in [1.29, 1.82) is 0 Å². The van der Waals surface area contributed by atoms with Gasteiger partial charge in [0.2, 0.25) is 11.6 Å². The molecule has 0 aliphatic carbocycles. The number of hydrogen-bond donors (Lipinski definition) is 1. The van der Waals surface area contributed by atoms with Crippen LogP contribution in [0.15, 0.2) is 64.7 Å². The Morgan fingerprint density at radius 1 is 1.03 bits per heavy atom. The summed E-state index contributed by atoms with van der Waals surface area (Å²) in [5, 5.41) is 0.0931. The Kier molecular flexibility index (Phi) is 7.43. The number of methoxy groups -OCH3 is 2. The molecule has 0 aliphatic rings. The van der Waals surface area contributed by atoms with Crippen molar-refractivity contribution in [2.45, 2.75) is 11.8 Å². The van der Waals surface area contributed by atoms with Gasteiger partial charge in [-0.1, -0.05) is 17.7 Å². The van der Waals surface area contributed by atoms with Crippen LogP contribution in [0, 0.1) is 6.92 Å². The first-order valence-corrected chi connectivity index (χ1v) is 12.6. The van der Waals surface area contributed by atoms with Crippen LogP contribution in [-0.2, 0) is 14.8 Å². The molecule has 0 saturated carbocycles. The van der Waals surface area contributed by atoms with E-state index in [1.54, 1.807) is 36.5 Å². The predicted octanol–water partition coefficient (Wildman–Crippen LogP) is 3.55. The fourth-order valence-electron chi connectivity index (χ4n) is 3.43. The Hall–Kier alpha value is -3.67. The molecule has 0 aliphatic heterocycles. The lowest BCUT2D eigenvalue weighted by Crippen LogP contribution is -2.19. The van der Waals surface area contributed by atoms with Crippen LogP contribution in [0.1, 0.15) is 5.56 Å². The van der Waals surface area contributed by atoms with Crippen molar-refractivity contribution in [3.63, 3.8) is 0 Å².